The summed E-state index contributed by atoms with van der Waals surface area (Å²) in [6.07, 6.45) is 3.65. The third-order valence-electron chi connectivity index (χ3n) is 2.64. The average molecular weight is 247 g/mol. The summed E-state index contributed by atoms with van der Waals surface area (Å²) in [5.74, 6) is 0. The van der Waals surface area contributed by atoms with Crippen LogP contribution in [0.4, 0.5) is 0 Å². The highest BCUT2D eigenvalue weighted by molar-refractivity contribution is 6.31. The van der Waals surface area contributed by atoms with Crippen molar-refractivity contribution in [2.45, 2.75) is 13.0 Å². The van der Waals surface area contributed by atoms with Gasteiger partial charge >= 0.3 is 0 Å². The molecule has 2 aromatic rings. The third kappa shape index (κ3) is 2.84. The highest BCUT2D eigenvalue weighted by atomic mass is 35.5. The van der Waals surface area contributed by atoms with Crippen molar-refractivity contribution >= 4 is 11.6 Å². The molecular formula is C14H15ClN2. The Morgan fingerprint density at radius 1 is 1.24 bits per heavy atom. The Labute approximate surface area is 107 Å². The van der Waals surface area contributed by atoms with Gasteiger partial charge in [0.2, 0.25) is 0 Å². The topological polar surface area (TPSA) is 24.9 Å². The van der Waals surface area contributed by atoms with E-state index in [1.54, 1.807) is 6.20 Å². The molecular weight excluding hydrogens is 232 g/mol. The Hall–Kier alpha value is -1.38. The van der Waals surface area contributed by atoms with Gasteiger partial charge in [0.05, 0.1) is 6.04 Å². The summed E-state index contributed by atoms with van der Waals surface area (Å²) in [5.41, 5.74) is 2.21. The number of pyridine rings is 1. The molecule has 0 amide bonds. The first-order valence-corrected chi connectivity index (χ1v) is 6.08. The van der Waals surface area contributed by atoms with E-state index in [1.165, 1.54) is 0 Å². The summed E-state index contributed by atoms with van der Waals surface area (Å²) >= 11 is 6.24. The molecule has 1 atom stereocenters. The molecule has 17 heavy (non-hydrogen) atoms. The zero-order valence-corrected chi connectivity index (χ0v) is 10.5. The van der Waals surface area contributed by atoms with Crippen molar-refractivity contribution < 1.29 is 0 Å². The van der Waals surface area contributed by atoms with E-state index in [2.05, 4.69) is 23.3 Å². The monoisotopic (exact) mass is 246 g/mol. The number of aromatic nitrogens is 1. The summed E-state index contributed by atoms with van der Waals surface area (Å²) in [4.78, 5) is 4.16. The Morgan fingerprint density at radius 3 is 2.71 bits per heavy atom. The predicted octanol–water partition coefficient (Wildman–Crippen LogP) is 3.43. The van der Waals surface area contributed by atoms with Crippen molar-refractivity contribution in [2.75, 3.05) is 6.54 Å². The van der Waals surface area contributed by atoms with Gasteiger partial charge in [0.15, 0.2) is 0 Å². The number of hydrogen-bond acceptors (Lipinski definition) is 2. The lowest BCUT2D eigenvalue weighted by Crippen LogP contribution is -2.22. The van der Waals surface area contributed by atoms with Crippen molar-refractivity contribution in [2.24, 2.45) is 0 Å². The molecule has 0 aliphatic heterocycles. The largest absolute Gasteiger partial charge is 0.306 e. The summed E-state index contributed by atoms with van der Waals surface area (Å²) in [6, 6.07) is 12.0. The molecule has 3 heteroatoms. The maximum Gasteiger partial charge on any atom is 0.0606 e. The zero-order chi connectivity index (χ0) is 12.1. The fourth-order valence-corrected chi connectivity index (χ4v) is 2.11. The van der Waals surface area contributed by atoms with Crippen LogP contribution in [-0.2, 0) is 0 Å². The molecule has 0 radical (unpaired) electrons. The molecule has 2 nitrogen and oxygen atoms in total. The minimum Gasteiger partial charge on any atom is -0.306 e. The first-order valence-electron chi connectivity index (χ1n) is 5.70. The molecule has 1 aromatic carbocycles. The Bertz CT molecular complexity index is 471. The fraction of sp³-hybridized carbons (Fsp3) is 0.214. The van der Waals surface area contributed by atoms with E-state index in [0.29, 0.717) is 0 Å². The van der Waals surface area contributed by atoms with Crippen molar-refractivity contribution in [1.29, 1.82) is 0 Å². The highest BCUT2D eigenvalue weighted by Crippen LogP contribution is 2.27. The number of hydrogen-bond donors (Lipinski definition) is 1. The van der Waals surface area contributed by atoms with Gasteiger partial charge in [-0.15, -0.1) is 0 Å². The number of rotatable bonds is 4. The Balaban J connectivity index is 2.39. The SMILES string of the molecule is CCNC(c1cccnc1)c1ccccc1Cl. The van der Waals surface area contributed by atoms with Gasteiger partial charge in [0.1, 0.15) is 0 Å². The van der Waals surface area contributed by atoms with E-state index in [1.807, 2.05) is 36.5 Å². The molecule has 0 spiro atoms. The first kappa shape index (κ1) is 12.1. The smallest absolute Gasteiger partial charge is 0.0606 e. The van der Waals surface area contributed by atoms with Crippen LogP contribution in [0, 0.1) is 0 Å². The zero-order valence-electron chi connectivity index (χ0n) is 9.73. The molecule has 0 saturated carbocycles. The summed E-state index contributed by atoms with van der Waals surface area (Å²) in [7, 11) is 0. The summed E-state index contributed by atoms with van der Waals surface area (Å²) in [6.45, 7) is 2.96. The van der Waals surface area contributed by atoms with Crippen LogP contribution < -0.4 is 5.32 Å². The van der Waals surface area contributed by atoms with Gasteiger partial charge in [-0.1, -0.05) is 42.8 Å². The van der Waals surface area contributed by atoms with Crippen molar-refractivity contribution in [3.63, 3.8) is 0 Å². The van der Waals surface area contributed by atoms with Crippen LogP contribution in [0.2, 0.25) is 5.02 Å². The lowest BCUT2D eigenvalue weighted by Gasteiger charge is -2.19. The van der Waals surface area contributed by atoms with Crippen LogP contribution in [-0.4, -0.2) is 11.5 Å². The van der Waals surface area contributed by atoms with Crippen molar-refractivity contribution in [3.8, 4) is 0 Å². The molecule has 1 N–H and O–H groups in total. The van der Waals surface area contributed by atoms with Crippen molar-refractivity contribution in [3.05, 3.63) is 64.9 Å². The van der Waals surface area contributed by atoms with Crippen LogP contribution in [0.15, 0.2) is 48.8 Å². The summed E-state index contributed by atoms with van der Waals surface area (Å²) in [5, 5.41) is 4.21. The van der Waals surface area contributed by atoms with Crippen LogP contribution in [0.25, 0.3) is 0 Å². The molecule has 0 aliphatic carbocycles. The average Bonchev–Trinajstić information content (AvgIpc) is 2.38. The van der Waals surface area contributed by atoms with E-state index in [-0.39, 0.29) is 6.04 Å². The van der Waals surface area contributed by atoms with Gasteiger partial charge in [-0.2, -0.15) is 0 Å². The molecule has 0 bridgehead atoms. The number of nitrogens with one attached hydrogen (secondary N) is 1. The van der Waals surface area contributed by atoms with Crippen LogP contribution >= 0.6 is 11.6 Å². The van der Waals surface area contributed by atoms with E-state index < -0.39 is 0 Å². The second kappa shape index (κ2) is 5.80. The van der Waals surface area contributed by atoms with Crippen LogP contribution in [0.3, 0.4) is 0 Å². The summed E-state index contributed by atoms with van der Waals surface area (Å²) < 4.78 is 0. The van der Waals surface area contributed by atoms with Gasteiger partial charge < -0.3 is 5.32 Å². The van der Waals surface area contributed by atoms with Gasteiger partial charge in [0, 0.05) is 17.4 Å². The fourth-order valence-electron chi connectivity index (χ4n) is 1.87. The lowest BCUT2D eigenvalue weighted by molar-refractivity contribution is 0.629. The minimum absolute atomic E-state index is 0.0994. The van der Waals surface area contributed by atoms with E-state index >= 15 is 0 Å². The molecule has 0 fully saturated rings. The third-order valence-corrected chi connectivity index (χ3v) is 2.99. The molecule has 1 unspecified atom stereocenters. The lowest BCUT2D eigenvalue weighted by atomic mass is 10.0. The maximum atomic E-state index is 6.24. The second-order valence-electron chi connectivity index (χ2n) is 3.80. The van der Waals surface area contributed by atoms with Crippen LogP contribution in [0.5, 0.6) is 0 Å². The first-order chi connectivity index (χ1) is 8.33. The molecule has 2 rings (SSSR count). The van der Waals surface area contributed by atoms with Gasteiger partial charge in [-0.05, 0) is 29.8 Å². The number of halogens is 1. The van der Waals surface area contributed by atoms with E-state index in [4.69, 9.17) is 11.6 Å². The molecule has 88 valence electrons. The highest BCUT2D eigenvalue weighted by Gasteiger charge is 2.15. The predicted molar refractivity (Wildman–Crippen MR) is 71.2 cm³/mol. The molecule has 1 heterocycles. The molecule has 0 aliphatic rings. The Morgan fingerprint density at radius 2 is 2.06 bits per heavy atom. The van der Waals surface area contributed by atoms with Crippen LogP contribution in [0.1, 0.15) is 24.1 Å². The van der Waals surface area contributed by atoms with Gasteiger partial charge in [-0.3, -0.25) is 4.98 Å². The van der Waals surface area contributed by atoms with E-state index in [9.17, 15) is 0 Å². The quantitative estimate of drug-likeness (QED) is 0.894. The van der Waals surface area contributed by atoms with E-state index in [0.717, 1.165) is 22.7 Å². The molecule has 1 aromatic heterocycles. The van der Waals surface area contributed by atoms with Gasteiger partial charge in [0.25, 0.3) is 0 Å². The normalized spacial score (nSPS) is 12.4. The molecule has 0 saturated heterocycles. The number of nitrogens with zero attached hydrogens (tertiary/aromatic N) is 1. The van der Waals surface area contributed by atoms with Gasteiger partial charge in [-0.25, -0.2) is 0 Å². The Kier molecular flexibility index (Phi) is 4.13. The number of benzene rings is 1. The maximum absolute atomic E-state index is 6.24. The second-order valence-corrected chi connectivity index (χ2v) is 4.21. The minimum atomic E-state index is 0.0994. The van der Waals surface area contributed by atoms with Crippen molar-refractivity contribution in [1.82, 2.24) is 10.3 Å². The standard InChI is InChI=1S/C14H15ClN2/c1-2-17-14(11-6-5-9-16-10-11)12-7-3-4-8-13(12)15/h3-10,14,17H,2H2,1H3.